The summed E-state index contributed by atoms with van der Waals surface area (Å²) in [7, 11) is 1.60. The molecule has 0 aliphatic rings. The molecule has 0 spiro atoms. The van der Waals surface area contributed by atoms with Crippen LogP contribution in [0.4, 0.5) is 13.2 Å². The fraction of sp³-hybridized carbons (Fsp3) is 0.545. The molecule has 1 aromatic heterocycles. The molecule has 2 nitrogen and oxygen atoms in total. The highest BCUT2D eigenvalue weighted by atomic mass is 19.4. The highest BCUT2D eigenvalue weighted by molar-refractivity contribution is 5.16. The molecular formula is C11H14F3NO. The number of hydrogen-bond donors (Lipinski definition) is 0. The number of pyridine rings is 1. The van der Waals surface area contributed by atoms with Crippen LogP contribution in [-0.2, 0) is 17.3 Å². The lowest BCUT2D eigenvalue weighted by atomic mass is 10.0. The van der Waals surface area contributed by atoms with Gasteiger partial charge in [0.25, 0.3) is 0 Å². The van der Waals surface area contributed by atoms with Crippen molar-refractivity contribution in [2.45, 2.75) is 19.5 Å². The zero-order valence-electron chi connectivity index (χ0n) is 9.21. The maximum atomic E-state index is 12.2. The SMILES string of the molecule is COCC(C)Cc1ccc(C(F)(F)F)nc1. The van der Waals surface area contributed by atoms with Crippen LogP contribution < -0.4 is 0 Å². The van der Waals surface area contributed by atoms with Crippen molar-refractivity contribution in [3.63, 3.8) is 0 Å². The van der Waals surface area contributed by atoms with Crippen molar-refractivity contribution in [3.8, 4) is 0 Å². The van der Waals surface area contributed by atoms with E-state index in [1.165, 1.54) is 12.3 Å². The fourth-order valence-electron chi connectivity index (χ4n) is 1.46. The van der Waals surface area contributed by atoms with E-state index in [2.05, 4.69) is 4.98 Å². The van der Waals surface area contributed by atoms with Crippen LogP contribution in [0.5, 0.6) is 0 Å². The molecule has 0 aliphatic carbocycles. The first kappa shape index (κ1) is 13.0. The quantitative estimate of drug-likeness (QED) is 0.797. The van der Waals surface area contributed by atoms with E-state index in [1.54, 1.807) is 7.11 Å². The number of methoxy groups -OCH3 is 1. The van der Waals surface area contributed by atoms with Gasteiger partial charge in [0, 0.05) is 19.9 Å². The van der Waals surface area contributed by atoms with Gasteiger partial charge in [-0.15, -0.1) is 0 Å². The van der Waals surface area contributed by atoms with Gasteiger partial charge in [0.05, 0.1) is 0 Å². The second-order valence-corrected chi connectivity index (χ2v) is 3.81. The summed E-state index contributed by atoms with van der Waals surface area (Å²) >= 11 is 0. The summed E-state index contributed by atoms with van der Waals surface area (Å²) in [5.41, 5.74) is -0.0619. The topological polar surface area (TPSA) is 22.1 Å². The summed E-state index contributed by atoms with van der Waals surface area (Å²) in [4.78, 5) is 3.40. The molecule has 16 heavy (non-hydrogen) atoms. The average molecular weight is 233 g/mol. The number of rotatable bonds is 4. The summed E-state index contributed by atoms with van der Waals surface area (Å²) in [6.45, 7) is 2.56. The molecule has 0 fully saturated rings. The van der Waals surface area contributed by atoms with Gasteiger partial charge in [-0.3, -0.25) is 4.98 Å². The van der Waals surface area contributed by atoms with Crippen LogP contribution in [0.15, 0.2) is 18.3 Å². The van der Waals surface area contributed by atoms with Crippen LogP contribution in [0, 0.1) is 5.92 Å². The summed E-state index contributed by atoms with van der Waals surface area (Å²) < 4.78 is 41.6. The highest BCUT2D eigenvalue weighted by Gasteiger charge is 2.31. The number of hydrogen-bond acceptors (Lipinski definition) is 2. The van der Waals surface area contributed by atoms with E-state index in [9.17, 15) is 13.2 Å². The van der Waals surface area contributed by atoms with Crippen LogP contribution in [0.3, 0.4) is 0 Å². The molecule has 5 heteroatoms. The maximum Gasteiger partial charge on any atom is 0.433 e. The Morgan fingerprint density at radius 2 is 2.06 bits per heavy atom. The minimum absolute atomic E-state index is 0.267. The van der Waals surface area contributed by atoms with E-state index in [0.717, 1.165) is 11.6 Å². The van der Waals surface area contributed by atoms with Crippen LogP contribution in [0.2, 0.25) is 0 Å². The van der Waals surface area contributed by atoms with E-state index >= 15 is 0 Å². The van der Waals surface area contributed by atoms with E-state index in [1.807, 2.05) is 6.92 Å². The Morgan fingerprint density at radius 3 is 2.50 bits per heavy atom. The molecule has 0 aromatic carbocycles. The van der Waals surface area contributed by atoms with E-state index < -0.39 is 11.9 Å². The van der Waals surface area contributed by atoms with Gasteiger partial charge in [-0.2, -0.15) is 13.2 Å². The van der Waals surface area contributed by atoms with Crippen molar-refractivity contribution in [2.75, 3.05) is 13.7 Å². The Kier molecular flexibility index (Phi) is 4.29. The number of aromatic nitrogens is 1. The number of halogens is 3. The van der Waals surface area contributed by atoms with Crippen molar-refractivity contribution < 1.29 is 17.9 Å². The molecule has 1 heterocycles. The molecule has 0 bridgehead atoms. The molecular weight excluding hydrogens is 219 g/mol. The molecule has 1 rings (SSSR count). The van der Waals surface area contributed by atoms with Crippen molar-refractivity contribution >= 4 is 0 Å². The van der Waals surface area contributed by atoms with Gasteiger partial charge in [-0.25, -0.2) is 0 Å². The standard InChI is InChI=1S/C11H14F3NO/c1-8(7-16-2)5-9-3-4-10(15-6-9)11(12,13)14/h3-4,6,8H,5,7H2,1-2H3. The number of nitrogens with zero attached hydrogens (tertiary/aromatic N) is 1. The first-order valence-electron chi connectivity index (χ1n) is 4.94. The van der Waals surface area contributed by atoms with Gasteiger partial charge in [-0.05, 0) is 24.0 Å². The predicted octanol–water partition coefficient (Wildman–Crippen LogP) is 2.93. The molecule has 0 saturated heterocycles. The van der Waals surface area contributed by atoms with E-state index in [0.29, 0.717) is 13.0 Å². The Morgan fingerprint density at radius 1 is 1.38 bits per heavy atom. The number of alkyl halides is 3. The van der Waals surface area contributed by atoms with Crippen molar-refractivity contribution in [3.05, 3.63) is 29.6 Å². The van der Waals surface area contributed by atoms with Gasteiger partial charge < -0.3 is 4.74 Å². The Bertz CT molecular complexity index is 321. The summed E-state index contributed by atoms with van der Waals surface area (Å²) in [5.74, 6) is 0.267. The first-order chi connectivity index (χ1) is 7.43. The van der Waals surface area contributed by atoms with Gasteiger partial charge in [0.15, 0.2) is 0 Å². The largest absolute Gasteiger partial charge is 0.433 e. The van der Waals surface area contributed by atoms with Gasteiger partial charge in [-0.1, -0.05) is 13.0 Å². The Balaban J connectivity index is 2.65. The Labute approximate surface area is 92.5 Å². The molecule has 90 valence electrons. The Hall–Kier alpha value is -1.10. The number of ether oxygens (including phenoxy) is 1. The lowest BCUT2D eigenvalue weighted by Gasteiger charge is -2.10. The molecule has 0 radical (unpaired) electrons. The summed E-state index contributed by atoms with van der Waals surface area (Å²) in [6, 6.07) is 2.47. The van der Waals surface area contributed by atoms with Crippen molar-refractivity contribution in [2.24, 2.45) is 5.92 Å². The van der Waals surface area contributed by atoms with Crippen LogP contribution in [-0.4, -0.2) is 18.7 Å². The molecule has 0 saturated carbocycles. The zero-order chi connectivity index (χ0) is 12.2. The second-order valence-electron chi connectivity index (χ2n) is 3.81. The van der Waals surface area contributed by atoms with E-state index in [-0.39, 0.29) is 5.92 Å². The molecule has 1 atom stereocenters. The third-order valence-corrected chi connectivity index (χ3v) is 2.15. The summed E-state index contributed by atoms with van der Waals surface area (Å²) in [5, 5.41) is 0. The van der Waals surface area contributed by atoms with Crippen molar-refractivity contribution in [1.82, 2.24) is 4.98 Å². The lowest BCUT2D eigenvalue weighted by molar-refractivity contribution is -0.141. The maximum absolute atomic E-state index is 12.2. The van der Waals surface area contributed by atoms with Gasteiger partial charge in [0.1, 0.15) is 5.69 Å². The monoisotopic (exact) mass is 233 g/mol. The fourth-order valence-corrected chi connectivity index (χ4v) is 1.46. The molecule has 1 unspecified atom stereocenters. The molecule has 0 amide bonds. The van der Waals surface area contributed by atoms with Crippen molar-refractivity contribution in [1.29, 1.82) is 0 Å². The summed E-state index contributed by atoms with van der Waals surface area (Å²) in [6.07, 6.45) is -2.43. The minimum atomic E-state index is -4.36. The molecule has 0 aliphatic heterocycles. The van der Waals surface area contributed by atoms with Crippen LogP contribution >= 0.6 is 0 Å². The smallest absolute Gasteiger partial charge is 0.384 e. The second kappa shape index (κ2) is 5.30. The third kappa shape index (κ3) is 3.81. The predicted molar refractivity (Wildman–Crippen MR) is 54.0 cm³/mol. The highest BCUT2D eigenvalue weighted by Crippen LogP contribution is 2.27. The normalized spacial score (nSPS) is 13.8. The zero-order valence-corrected chi connectivity index (χ0v) is 9.21. The van der Waals surface area contributed by atoms with Gasteiger partial charge in [0.2, 0.25) is 0 Å². The van der Waals surface area contributed by atoms with Crippen LogP contribution in [0.25, 0.3) is 0 Å². The lowest BCUT2D eigenvalue weighted by Crippen LogP contribution is -2.10. The van der Waals surface area contributed by atoms with Crippen LogP contribution in [0.1, 0.15) is 18.2 Å². The first-order valence-corrected chi connectivity index (χ1v) is 4.94. The minimum Gasteiger partial charge on any atom is -0.384 e. The third-order valence-electron chi connectivity index (χ3n) is 2.15. The average Bonchev–Trinajstić information content (AvgIpc) is 2.17. The van der Waals surface area contributed by atoms with E-state index in [4.69, 9.17) is 4.74 Å². The van der Waals surface area contributed by atoms with Gasteiger partial charge >= 0.3 is 6.18 Å². The molecule has 0 N–H and O–H groups in total. The molecule has 1 aromatic rings.